The predicted octanol–water partition coefficient (Wildman–Crippen LogP) is 2.65. The third-order valence-corrected chi connectivity index (χ3v) is 4.73. The highest BCUT2D eigenvalue weighted by atomic mass is 32.2. The van der Waals surface area contributed by atoms with Gasteiger partial charge in [-0.3, -0.25) is 9.59 Å². The van der Waals surface area contributed by atoms with Crippen molar-refractivity contribution < 1.29 is 18.4 Å². The van der Waals surface area contributed by atoms with Crippen molar-refractivity contribution in [2.75, 3.05) is 13.3 Å². The van der Waals surface area contributed by atoms with Gasteiger partial charge in [0.1, 0.15) is 6.04 Å². The molecule has 1 aromatic rings. The first kappa shape index (κ1) is 19.4. The Kier molecular flexibility index (Phi) is 6.56. The standard InChI is InChI=1S/C16H22F2N2O2S/c1-16(2,3)13(23-5)15(22)20-12(14(21)19-4)9-6-7-10(17)11(18)8-9/h6-8,12-13H,1-5H3,(H,19,21)(H,20,22)/t12-,13-/m0/s1. The summed E-state index contributed by atoms with van der Waals surface area (Å²) in [7, 11) is 1.41. The van der Waals surface area contributed by atoms with Gasteiger partial charge in [-0.25, -0.2) is 8.78 Å². The maximum atomic E-state index is 13.4. The largest absolute Gasteiger partial charge is 0.357 e. The Bertz CT molecular complexity index is 588. The van der Waals surface area contributed by atoms with Crippen molar-refractivity contribution in [3.05, 3.63) is 35.4 Å². The van der Waals surface area contributed by atoms with Crippen LogP contribution in [0, 0.1) is 17.0 Å². The molecule has 2 atom stereocenters. The van der Waals surface area contributed by atoms with Crippen LogP contribution in [-0.4, -0.2) is 30.4 Å². The molecule has 0 spiro atoms. The van der Waals surface area contributed by atoms with E-state index in [0.717, 1.165) is 12.1 Å². The second kappa shape index (κ2) is 7.77. The van der Waals surface area contributed by atoms with E-state index >= 15 is 0 Å². The lowest BCUT2D eigenvalue weighted by atomic mass is 9.90. The molecular formula is C16H22F2N2O2S. The zero-order valence-corrected chi connectivity index (χ0v) is 14.7. The smallest absolute Gasteiger partial charge is 0.246 e. The molecule has 0 bridgehead atoms. The van der Waals surface area contributed by atoms with Gasteiger partial charge in [0.25, 0.3) is 0 Å². The van der Waals surface area contributed by atoms with Gasteiger partial charge in [-0.15, -0.1) is 0 Å². The van der Waals surface area contributed by atoms with E-state index in [4.69, 9.17) is 0 Å². The quantitative estimate of drug-likeness (QED) is 0.863. The SMILES string of the molecule is CNC(=O)[C@@H](NC(=O)[C@H](SC)C(C)(C)C)c1ccc(F)c(F)c1. The molecule has 23 heavy (non-hydrogen) atoms. The van der Waals surface area contributed by atoms with Crippen LogP contribution < -0.4 is 10.6 Å². The average Bonchev–Trinajstić information content (AvgIpc) is 2.46. The lowest BCUT2D eigenvalue weighted by molar-refractivity contribution is -0.129. The Labute approximate surface area is 139 Å². The maximum absolute atomic E-state index is 13.4. The van der Waals surface area contributed by atoms with Gasteiger partial charge in [0.05, 0.1) is 5.25 Å². The van der Waals surface area contributed by atoms with Crippen molar-refractivity contribution in [1.29, 1.82) is 0 Å². The first-order chi connectivity index (χ1) is 10.6. The number of likely N-dealkylation sites (N-methyl/N-ethyl adjacent to an activating group) is 1. The van der Waals surface area contributed by atoms with Crippen molar-refractivity contribution in [3.63, 3.8) is 0 Å². The molecule has 0 saturated carbocycles. The zero-order chi connectivity index (χ0) is 17.8. The van der Waals surface area contributed by atoms with Gasteiger partial charge in [-0.1, -0.05) is 26.8 Å². The van der Waals surface area contributed by atoms with Crippen LogP contribution in [0.15, 0.2) is 18.2 Å². The number of hydrogen-bond donors (Lipinski definition) is 2. The summed E-state index contributed by atoms with van der Waals surface area (Å²) in [6.07, 6.45) is 1.81. The van der Waals surface area contributed by atoms with E-state index < -0.39 is 23.6 Å². The molecule has 0 radical (unpaired) electrons. The zero-order valence-electron chi connectivity index (χ0n) is 13.9. The van der Waals surface area contributed by atoms with Crippen LogP contribution in [-0.2, 0) is 9.59 Å². The topological polar surface area (TPSA) is 58.2 Å². The molecule has 4 nitrogen and oxygen atoms in total. The summed E-state index contributed by atoms with van der Waals surface area (Å²) in [5.74, 6) is -2.91. The molecule has 2 amide bonds. The monoisotopic (exact) mass is 344 g/mol. The Morgan fingerprint density at radius 1 is 1.13 bits per heavy atom. The average molecular weight is 344 g/mol. The molecule has 1 rings (SSSR count). The number of carbonyl (C=O) groups is 2. The molecule has 0 aliphatic rings. The number of benzene rings is 1. The molecule has 1 aromatic carbocycles. The molecule has 0 heterocycles. The van der Waals surface area contributed by atoms with Crippen LogP contribution in [0.5, 0.6) is 0 Å². The molecule has 0 aliphatic heterocycles. The van der Waals surface area contributed by atoms with Gasteiger partial charge in [-0.2, -0.15) is 11.8 Å². The minimum atomic E-state index is -1.08. The summed E-state index contributed by atoms with van der Waals surface area (Å²) < 4.78 is 26.5. The van der Waals surface area contributed by atoms with Gasteiger partial charge < -0.3 is 10.6 Å². The third-order valence-electron chi connectivity index (χ3n) is 3.33. The minimum Gasteiger partial charge on any atom is -0.357 e. The van der Waals surface area contributed by atoms with Crippen molar-refractivity contribution >= 4 is 23.6 Å². The number of carbonyl (C=O) groups excluding carboxylic acids is 2. The molecule has 0 saturated heterocycles. The second-order valence-corrected chi connectivity index (χ2v) is 7.15. The number of hydrogen-bond acceptors (Lipinski definition) is 3. The number of halogens is 2. The van der Waals surface area contributed by atoms with E-state index in [2.05, 4.69) is 10.6 Å². The molecule has 0 aliphatic carbocycles. The number of thioether (sulfide) groups is 1. The first-order valence-electron chi connectivity index (χ1n) is 7.11. The second-order valence-electron chi connectivity index (χ2n) is 6.21. The minimum absolute atomic E-state index is 0.186. The lowest BCUT2D eigenvalue weighted by Crippen LogP contribution is -2.46. The highest BCUT2D eigenvalue weighted by Gasteiger charge is 2.33. The van der Waals surface area contributed by atoms with Gasteiger partial charge in [-0.05, 0) is 29.4 Å². The predicted molar refractivity (Wildman–Crippen MR) is 88.1 cm³/mol. The Morgan fingerprint density at radius 2 is 1.74 bits per heavy atom. The fraction of sp³-hybridized carbons (Fsp3) is 0.500. The summed E-state index contributed by atoms with van der Waals surface area (Å²) in [5.41, 5.74) is -0.129. The van der Waals surface area contributed by atoms with Crippen molar-refractivity contribution in [1.82, 2.24) is 10.6 Å². The summed E-state index contributed by atoms with van der Waals surface area (Å²) in [5, 5.41) is 4.66. The number of nitrogens with one attached hydrogen (secondary N) is 2. The molecular weight excluding hydrogens is 322 g/mol. The summed E-state index contributed by atoms with van der Waals surface area (Å²) in [6.45, 7) is 5.75. The molecule has 0 fully saturated rings. The fourth-order valence-electron chi connectivity index (χ4n) is 2.21. The summed E-state index contributed by atoms with van der Waals surface area (Å²) in [4.78, 5) is 24.6. The Morgan fingerprint density at radius 3 is 2.17 bits per heavy atom. The van der Waals surface area contributed by atoms with E-state index in [1.54, 1.807) is 0 Å². The first-order valence-corrected chi connectivity index (χ1v) is 8.40. The van der Waals surface area contributed by atoms with Gasteiger partial charge >= 0.3 is 0 Å². The molecule has 2 N–H and O–H groups in total. The fourth-order valence-corrected chi connectivity index (χ4v) is 3.20. The van der Waals surface area contributed by atoms with E-state index in [1.165, 1.54) is 24.9 Å². The van der Waals surface area contributed by atoms with Gasteiger partial charge in [0.15, 0.2) is 11.6 Å². The lowest BCUT2D eigenvalue weighted by Gasteiger charge is -2.29. The maximum Gasteiger partial charge on any atom is 0.246 e. The summed E-state index contributed by atoms with van der Waals surface area (Å²) in [6, 6.07) is 2.05. The third kappa shape index (κ3) is 4.92. The van der Waals surface area contributed by atoms with Crippen molar-refractivity contribution in [3.8, 4) is 0 Å². The Hall–Kier alpha value is -1.63. The number of rotatable bonds is 5. The van der Waals surface area contributed by atoms with Crippen molar-refractivity contribution in [2.45, 2.75) is 32.1 Å². The summed E-state index contributed by atoms with van der Waals surface area (Å²) >= 11 is 1.37. The van der Waals surface area contributed by atoms with Gasteiger partial charge in [0.2, 0.25) is 11.8 Å². The van der Waals surface area contributed by atoms with Gasteiger partial charge in [0, 0.05) is 7.05 Å². The molecule has 0 unspecified atom stereocenters. The molecule has 0 aromatic heterocycles. The van der Waals surface area contributed by atoms with Crippen LogP contribution >= 0.6 is 11.8 Å². The van der Waals surface area contributed by atoms with Crippen LogP contribution in [0.2, 0.25) is 0 Å². The van der Waals surface area contributed by atoms with Crippen LogP contribution in [0.3, 0.4) is 0 Å². The highest BCUT2D eigenvalue weighted by molar-refractivity contribution is 8.00. The molecule has 7 heteroatoms. The normalized spacial score (nSPS) is 14.0. The van der Waals surface area contributed by atoms with E-state index in [1.807, 2.05) is 27.0 Å². The van der Waals surface area contributed by atoms with Crippen LogP contribution in [0.1, 0.15) is 32.4 Å². The van der Waals surface area contributed by atoms with Crippen LogP contribution in [0.4, 0.5) is 8.78 Å². The Balaban J connectivity index is 3.11. The van der Waals surface area contributed by atoms with E-state index in [0.29, 0.717) is 0 Å². The number of amides is 2. The highest BCUT2D eigenvalue weighted by Crippen LogP contribution is 2.29. The molecule has 128 valence electrons. The van der Waals surface area contributed by atoms with E-state index in [-0.39, 0.29) is 22.1 Å². The van der Waals surface area contributed by atoms with Crippen LogP contribution in [0.25, 0.3) is 0 Å². The van der Waals surface area contributed by atoms with Crippen molar-refractivity contribution in [2.24, 2.45) is 5.41 Å². The van der Waals surface area contributed by atoms with E-state index in [9.17, 15) is 18.4 Å².